The monoisotopic (exact) mass is 374 g/mol. The number of aliphatic hydroxyl groups is 1. The highest BCUT2D eigenvalue weighted by molar-refractivity contribution is 7.89. The first kappa shape index (κ1) is 18.1. The summed E-state index contributed by atoms with van der Waals surface area (Å²) in [6, 6.07) is -0.618. The van der Waals surface area contributed by atoms with Crippen molar-refractivity contribution in [1.29, 1.82) is 0 Å². The summed E-state index contributed by atoms with van der Waals surface area (Å²) in [4.78, 5) is 9.81. The van der Waals surface area contributed by atoms with Crippen molar-refractivity contribution in [3.63, 3.8) is 0 Å². The molecule has 0 saturated carbocycles. The first-order chi connectivity index (χ1) is 10.5. The molecule has 23 heavy (non-hydrogen) atoms. The third-order valence-corrected chi connectivity index (χ3v) is 6.57. The van der Waals surface area contributed by atoms with Crippen LogP contribution in [0.25, 0.3) is 0 Å². The van der Waals surface area contributed by atoms with Gasteiger partial charge in [-0.15, -0.1) is 0 Å². The quantitative estimate of drug-likeness (QED) is 0.642. The number of nitrogens with zero attached hydrogens (tertiary/aromatic N) is 2. The highest BCUT2D eigenvalue weighted by atomic mass is 32.2. The van der Waals surface area contributed by atoms with Gasteiger partial charge >= 0.3 is 11.2 Å². The van der Waals surface area contributed by atoms with Crippen molar-refractivity contribution < 1.29 is 31.6 Å². The molecular formula is C11H13F3N2O5S2. The lowest BCUT2D eigenvalue weighted by molar-refractivity contribution is -0.383. The predicted molar refractivity (Wildman–Crippen MR) is 74.7 cm³/mol. The summed E-state index contributed by atoms with van der Waals surface area (Å²) in [6.45, 7) is 1.23. The maximum Gasteiger partial charge on any atom is 0.415 e. The second-order valence-corrected chi connectivity index (χ2v) is 8.19. The van der Waals surface area contributed by atoms with Crippen LogP contribution in [0.3, 0.4) is 0 Å². The summed E-state index contributed by atoms with van der Waals surface area (Å²) in [6.07, 6.45) is -7.84. The fourth-order valence-corrected chi connectivity index (χ4v) is 5.57. The molecule has 1 aromatic rings. The molecule has 0 bridgehead atoms. The summed E-state index contributed by atoms with van der Waals surface area (Å²) in [5.41, 5.74) is 0. The minimum absolute atomic E-state index is 0.133. The Morgan fingerprint density at radius 2 is 2.13 bits per heavy atom. The van der Waals surface area contributed by atoms with Crippen molar-refractivity contribution in [1.82, 2.24) is 4.31 Å². The van der Waals surface area contributed by atoms with E-state index in [1.54, 1.807) is 0 Å². The summed E-state index contributed by atoms with van der Waals surface area (Å²) in [7, 11) is -4.51. The number of rotatable bonds is 4. The smallest absolute Gasteiger partial charge is 0.382 e. The van der Waals surface area contributed by atoms with Gasteiger partial charge in [0.25, 0.3) is 10.0 Å². The summed E-state index contributed by atoms with van der Waals surface area (Å²) in [5, 5.41) is 19.7. The number of thiophene rings is 1. The zero-order valence-corrected chi connectivity index (χ0v) is 13.4. The van der Waals surface area contributed by atoms with Crippen LogP contribution in [0.15, 0.2) is 11.0 Å². The molecule has 2 rings (SSSR count). The van der Waals surface area contributed by atoms with E-state index in [1.165, 1.54) is 6.92 Å². The number of aryl methyl sites for hydroxylation is 1. The molecule has 7 nitrogen and oxygen atoms in total. The van der Waals surface area contributed by atoms with Crippen molar-refractivity contribution in [3.8, 4) is 0 Å². The number of aliphatic hydroxyl groups excluding tert-OH is 1. The normalized spacial score (nSPS) is 21.5. The van der Waals surface area contributed by atoms with E-state index in [4.69, 9.17) is 0 Å². The van der Waals surface area contributed by atoms with Crippen molar-refractivity contribution in [2.24, 2.45) is 0 Å². The molecule has 1 aliphatic rings. The second kappa shape index (κ2) is 6.00. The van der Waals surface area contributed by atoms with Crippen molar-refractivity contribution >= 4 is 26.4 Å². The summed E-state index contributed by atoms with van der Waals surface area (Å²) >= 11 is 0.634. The first-order valence-corrected chi connectivity index (χ1v) is 8.73. The van der Waals surface area contributed by atoms with E-state index in [0.29, 0.717) is 20.5 Å². The van der Waals surface area contributed by atoms with Gasteiger partial charge in [0.05, 0.1) is 11.0 Å². The summed E-state index contributed by atoms with van der Waals surface area (Å²) < 4.78 is 63.7. The van der Waals surface area contributed by atoms with Crippen LogP contribution in [0.1, 0.15) is 17.7 Å². The lowest BCUT2D eigenvalue weighted by Crippen LogP contribution is -2.48. The molecule has 0 radical (unpaired) electrons. The number of sulfonamides is 1. The zero-order valence-electron chi connectivity index (χ0n) is 11.8. The molecule has 0 aliphatic carbocycles. The van der Waals surface area contributed by atoms with Crippen molar-refractivity contribution in [2.75, 3.05) is 6.54 Å². The third kappa shape index (κ3) is 3.34. The van der Waals surface area contributed by atoms with Crippen LogP contribution in [-0.4, -0.2) is 47.6 Å². The third-order valence-electron chi connectivity index (χ3n) is 3.50. The second-order valence-electron chi connectivity index (χ2n) is 5.10. The highest BCUT2D eigenvalue weighted by Gasteiger charge is 2.51. The van der Waals surface area contributed by atoms with Crippen LogP contribution in [0.4, 0.5) is 18.2 Å². The Morgan fingerprint density at radius 3 is 2.65 bits per heavy atom. The van der Waals surface area contributed by atoms with E-state index in [2.05, 4.69) is 0 Å². The van der Waals surface area contributed by atoms with Gasteiger partial charge in [0, 0.05) is 11.4 Å². The number of hydrogen-bond donors (Lipinski definition) is 1. The Bertz CT molecular complexity index is 716. The van der Waals surface area contributed by atoms with Crippen LogP contribution in [0.5, 0.6) is 0 Å². The van der Waals surface area contributed by atoms with Crippen LogP contribution >= 0.6 is 11.3 Å². The Morgan fingerprint density at radius 1 is 1.52 bits per heavy atom. The van der Waals surface area contributed by atoms with Gasteiger partial charge in [-0.25, -0.2) is 8.42 Å². The number of nitro groups is 1. The number of alkyl halides is 3. The van der Waals surface area contributed by atoms with Gasteiger partial charge in [-0.2, -0.15) is 17.5 Å². The molecule has 1 aliphatic heterocycles. The van der Waals surface area contributed by atoms with Gasteiger partial charge in [-0.1, -0.05) is 11.3 Å². The van der Waals surface area contributed by atoms with Crippen LogP contribution in [0.2, 0.25) is 0 Å². The largest absolute Gasteiger partial charge is 0.415 e. The molecule has 1 N–H and O–H groups in total. The van der Waals surface area contributed by atoms with E-state index in [9.17, 15) is 36.8 Å². The van der Waals surface area contributed by atoms with Crippen LogP contribution in [-0.2, 0) is 10.0 Å². The van der Waals surface area contributed by atoms with Crippen LogP contribution in [0, 0.1) is 17.0 Å². The lowest BCUT2D eigenvalue weighted by Gasteiger charge is -2.28. The maximum absolute atomic E-state index is 12.7. The van der Waals surface area contributed by atoms with E-state index in [1.807, 2.05) is 0 Å². The van der Waals surface area contributed by atoms with Crippen molar-refractivity contribution in [3.05, 3.63) is 21.1 Å². The Balaban J connectivity index is 2.45. The van der Waals surface area contributed by atoms with Gasteiger partial charge in [0.2, 0.25) is 0 Å². The molecule has 130 valence electrons. The minimum Gasteiger partial charge on any atom is -0.382 e. The fourth-order valence-electron chi connectivity index (χ4n) is 2.51. The van der Waals surface area contributed by atoms with Gasteiger partial charge in [0.1, 0.15) is 0 Å². The van der Waals surface area contributed by atoms with Gasteiger partial charge in [0.15, 0.2) is 11.0 Å². The van der Waals surface area contributed by atoms with E-state index in [-0.39, 0.29) is 19.4 Å². The molecule has 2 unspecified atom stereocenters. The zero-order chi connectivity index (χ0) is 17.6. The number of hydrogen-bond acceptors (Lipinski definition) is 6. The average Bonchev–Trinajstić information content (AvgIpc) is 3.03. The molecule has 1 aromatic heterocycles. The van der Waals surface area contributed by atoms with E-state index in [0.717, 1.165) is 6.07 Å². The first-order valence-electron chi connectivity index (χ1n) is 6.47. The SMILES string of the molecule is Cc1cc(S(=O)(=O)N2CCCC2C(O)C(F)(F)F)c([N+](=O)[O-])s1. The Kier molecular flexibility index (Phi) is 4.72. The molecule has 2 atom stereocenters. The molecule has 12 heteroatoms. The fraction of sp³-hybridized carbons (Fsp3) is 0.636. The minimum atomic E-state index is -4.97. The van der Waals surface area contributed by atoms with Crippen LogP contribution < -0.4 is 0 Å². The molecule has 0 spiro atoms. The maximum atomic E-state index is 12.7. The van der Waals surface area contributed by atoms with Gasteiger partial charge in [-0.3, -0.25) is 10.1 Å². The lowest BCUT2D eigenvalue weighted by atomic mass is 10.1. The van der Waals surface area contributed by atoms with E-state index < -0.39 is 43.2 Å². The Hall–Kier alpha value is -1.24. The summed E-state index contributed by atoms with van der Waals surface area (Å²) in [5.74, 6) is 0. The molecule has 2 heterocycles. The molecule has 1 fully saturated rings. The highest BCUT2D eigenvalue weighted by Crippen LogP contribution is 2.39. The van der Waals surface area contributed by atoms with Gasteiger partial charge in [-0.05, 0) is 25.8 Å². The molecule has 0 aromatic carbocycles. The topological polar surface area (TPSA) is 101 Å². The molecule has 0 amide bonds. The predicted octanol–water partition coefficient (Wildman–Crippen LogP) is 2.04. The average molecular weight is 374 g/mol. The Labute approximate surface area is 133 Å². The molecule has 1 saturated heterocycles. The molecular weight excluding hydrogens is 361 g/mol. The standard InChI is InChI=1S/C11H13F3N2O5S2/c1-6-5-8(10(22-6)16(18)19)23(20,21)15-4-2-3-7(15)9(17)11(12,13)14/h5,7,9,17H,2-4H2,1H3. The number of halogens is 3. The van der Waals surface area contributed by atoms with E-state index >= 15 is 0 Å². The van der Waals surface area contributed by atoms with Crippen molar-refractivity contribution in [2.45, 2.75) is 43.0 Å². The van der Waals surface area contributed by atoms with Gasteiger partial charge < -0.3 is 5.11 Å².